The van der Waals surface area contributed by atoms with Gasteiger partial charge in [0.05, 0.1) is 4.91 Å². The van der Waals surface area contributed by atoms with E-state index in [1.54, 1.807) is 7.05 Å². The van der Waals surface area contributed by atoms with Crippen molar-refractivity contribution in [3.63, 3.8) is 0 Å². The van der Waals surface area contributed by atoms with Crippen molar-refractivity contribution >= 4 is 28.9 Å². The van der Waals surface area contributed by atoms with Gasteiger partial charge >= 0.3 is 0 Å². The summed E-state index contributed by atoms with van der Waals surface area (Å²) in [6, 6.07) is 9.64. The summed E-state index contributed by atoms with van der Waals surface area (Å²) in [7, 11) is 1.61. The Balaban J connectivity index is 2.30. The minimum absolute atomic E-state index is 0.103. The lowest BCUT2D eigenvalue weighted by Crippen LogP contribution is -2.22. The number of benzene rings is 1. The van der Waals surface area contributed by atoms with Crippen LogP contribution in [-0.4, -0.2) is 23.0 Å². The van der Waals surface area contributed by atoms with Crippen LogP contribution in [-0.2, 0) is 4.79 Å². The van der Waals surface area contributed by atoms with Crippen LogP contribution in [0.5, 0.6) is 0 Å². The van der Waals surface area contributed by atoms with Crippen molar-refractivity contribution in [3.05, 3.63) is 40.8 Å². The molecule has 1 aromatic rings. The van der Waals surface area contributed by atoms with Crippen LogP contribution in [0.3, 0.4) is 0 Å². The molecule has 0 unspecified atom stereocenters. The van der Waals surface area contributed by atoms with Gasteiger partial charge in [-0.3, -0.25) is 15.1 Å². The maximum atomic E-state index is 11.6. The van der Waals surface area contributed by atoms with Crippen LogP contribution >= 0.6 is 11.8 Å². The summed E-state index contributed by atoms with van der Waals surface area (Å²) in [5, 5.41) is 7.79. The number of rotatable bonds is 1. The third kappa shape index (κ3) is 1.94. The van der Waals surface area contributed by atoms with E-state index in [9.17, 15) is 4.79 Å². The van der Waals surface area contributed by atoms with Crippen LogP contribution in [0, 0.1) is 5.41 Å². The summed E-state index contributed by atoms with van der Waals surface area (Å²) in [5.74, 6) is -0.103. The van der Waals surface area contributed by atoms with Crippen LogP contribution < -0.4 is 0 Å². The Labute approximate surface area is 92.3 Å². The first-order valence-corrected chi connectivity index (χ1v) is 5.31. The van der Waals surface area contributed by atoms with Crippen LogP contribution in [0.15, 0.2) is 35.2 Å². The Morgan fingerprint density at radius 3 is 2.53 bits per heavy atom. The van der Waals surface area contributed by atoms with Gasteiger partial charge in [-0.1, -0.05) is 30.3 Å². The zero-order valence-corrected chi connectivity index (χ0v) is 9.04. The first-order valence-electron chi connectivity index (χ1n) is 4.49. The van der Waals surface area contributed by atoms with Gasteiger partial charge in [0, 0.05) is 7.05 Å². The normalized spacial score (nSPS) is 19.0. The summed E-state index contributed by atoms with van der Waals surface area (Å²) in [4.78, 5) is 13.6. The highest BCUT2D eigenvalue weighted by Gasteiger charge is 2.28. The number of hydrogen-bond acceptors (Lipinski definition) is 3. The molecule has 1 heterocycles. The number of amides is 1. The van der Waals surface area contributed by atoms with Gasteiger partial charge in [0.25, 0.3) is 5.91 Å². The Morgan fingerprint density at radius 2 is 2.00 bits per heavy atom. The van der Waals surface area contributed by atoms with Gasteiger partial charge in [-0.05, 0) is 23.4 Å². The summed E-state index contributed by atoms with van der Waals surface area (Å²) in [6.45, 7) is 0. The Hall–Kier alpha value is -1.55. The van der Waals surface area contributed by atoms with E-state index in [2.05, 4.69) is 0 Å². The number of amidine groups is 1. The molecule has 0 atom stereocenters. The van der Waals surface area contributed by atoms with Crippen molar-refractivity contribution in [2.24, 2.45) is 0 Å². The van der Waals surface area contributed by atoms with Crippen molar-refractivity contribution in [3.8, 4) is 0 Å². The number of carbonyl (C=O) groups is 1. The van der Waals surface area contributed by atoms with Gasteiger partial charge in [-0.25, -0.2) is 0 Å². The molecule has 1 fully saturated rings. The fourth-order valence-electron chi connectivity index (χ4n) is 1.27. The van der Waals surface area contributed by atoms with E-state index in [1.807, 2.05) is 36.4 Å². The summed E-state index contributed by atoms with van der Waals surface area (Å²) < 4.78 is 0. The second kappa shape index (κ2) is 3.90. The summed E-state index contributed by atoms with van der Waals surface area (Å²) >= 11 is 1.20. The minimum atomic E-state index is -0.103. The predicted octanol–water partition coefficient (Wildman–Crippen LogP) is 2.17. The highest BCUT2D eigenvalue weighted by atomic mass is 32.2. The minimum Gasteiger partial charge on any atom is -0.290 e. The third-order valence-electron chi connectivity index (χ3n) is 2.12. The van der Waals surface area contributed by atoms with Crippen LogP contribution in [0.2, 0.25) is 0 Å². The molecule has 0 aromatic heterocycles. The molecular weight excluding hydrogens is 208 g/mol. The molecule has 2 rings (SSSR count). The molecule has 4 heteroatoms. The van der Waals surface area contributed by atoms with Gasteiger partial charge < -0.3 is 0 Å². The van der Waals surface area contributed by atoms with Gasteiger partial charge in [0.2, 0.25) is 0 Å². The molecule has 0 aliphatic carbocycles. The van der Waals surface area contributed by atoms with Crippen molar-refractivity contribution in [1.29, 1.82) is 5.41 Å². The average molecular weight is 218 g/mol. The number of hydrogen-bond donors (Lipinski definition) is 1. The SMILES string of the molecule is CN1C(=N)SC(=Cc2ccccc2)C1=O. The highest BCUT2D eigenvalue weighted by molar-refractivity contribution is 8.18. The molecular formula is C11H10N2OS. The van der Waals surface area contributed by atoms with E-state index >= 15 is 0 Å². The molecule has 15 heavy (non-hydrogen) atoms. The topological polar surface area (TPSA) is 44.2 Å². The number of likely N-dealkylation sites (N-methyl/N-ethyl adjacent to an activating group) is 1. The molecule has 1 aromatic carbocycles. The molecule has 3 nitrogen and oxygen atoms in total. The monoisotopic (exact) mass is 218 g/mol. The lowest BCUT2D eigenvalue weighted by Gasteiger charge is -2.03. The summed E-state index contributed by atoms with van der Waals surface area (Å²) in [5.41, 5.74) is 0.983. The van der Waals surface area contributed by atoms with Gasteiger partial charge in [-0.15, -0.1) is 0 Å². The van der Waals surface area contributed by atoms with Gasteiger partial charge in [0.15, 0.2) is 5.17 Å². The third-order valence-corrected chi connectivity index (χ3v) is 3.10. The molecule has 0 radical (unpaired) electrons. The number of thioether (sulfide) groups is 1. The maximum Gasteiger partial charge on any atom is 0.266 e. The lowest BCUT2D eigenvalue weighted by atomic mass is 10.2. The second-order valence-electron chi connectivity index (χ2n) is 3.19. The van der Waals surface area contributed by atoms with Crippen molar-refractivity contribution in [2.75, 3.05) is 7.05 Å². The second-order valence-corrected chi connectivity index (χ2v) is 4.22. The fourth-order valence-corrected chi connectivity index (χ4v) is 2.11. The number of nitrogens with zero attached hydrogens (tertiary/aromatic N) is 1. The predicted molar refractivity (Wildman–Crippen MR) is 62.5 cm³/mol. The molecule has 1 aliphatic rings. The van der Waals surface area contributed by atoms with E-state index in [-0.39, 0.29) is 11.1 Å². The number of nitrogens with one attached hydrogen (secondary N) is 1. The molecule has 1 N–H and O–H groups in total. The van der Waals surface area contributed by atoms with Crippen molar-refractivity contribution < 1.29 is 4.79 Å². The lowest BCUT2D eigenvalue weighted by molar-refractivity contribution is -0.121. The van der Waals surface area contributed by atoms with Crippen molar-refractivity contribution in [2.45, 2.75) is 0 Å². The zero-order valence-electron chi connectivity index (χ0n) is 8.23. The van der Waals surface area contributed by atoms with E-state index in [0.29, 0.717) is 4.91 Å². The zero-order chi connectivity index (χ0) is 10.8. The number of carbonyl (C=O) groups excluding carboxylic acids is 1. The molecule has 0 saturated carbocycles. The maximum absolute atomic E-state index is 11.6. The van der Waals surface area contributed by atoms with E-state index in [1.165, 1.54) is 16.7 Å². The standard InChI is InChI=1S/C11H10N2OS/c1-13-10(14)9(15-11(13)12)7-8-5-3-2-4-6-8/h2-7,12H,1H3. The molecule has 0 spiro atoms. The van der Waals surface area contributed by atoms with Gasteiger partial charge in [0.1, 0.15) is 0 Å². The smallest absolute Gasteiger partial charge is 0.266 e. The molecule has 1 amide bonds. The van der Waals surface area contributed by atoms with Gasteiger partial charge in [-0.2, -0.15) is 0 Å². The van der Waals surface area contributed by atoms with Crippen LogP contribution in [0.1, 0.15) is 5.56 Å². The van der Waals surface area contributed by atoms with E-state index < -0.39 is 0 Å². The molecule has 76 valence electrons. The average Bonchev–Trinajstić information content (AvgIpc) is 2.48. The Kier molecular flexibility index (Phi) is 2.60. The fraction of sp³-hybridized carbons (Fsp3) is 0.0909. The van der Waals surface area contributed by atoms with E-state index in [4.69, 9.17) is 5.41 Å². The Bertz CT molecular complexity index is 439. The molecule has 1 aliphatic heterocycles. The van der Waals surface area contributed by atoms with Crippen LogP contribution in [0.25, 0.3) is 6.08 Å². The first kappa shape index (κ1) is 9.98. The first-order chi connectivity index (χ1) is 7.18. The van der Waals surface area contributed by atoms with Crippen molar-refractivity contribution in [1.82, 2.24) is 4.90 Å². The Morgan fingerprint density at radius 1 is 1.33 bits per heavy atom. The van der Waals surface area contributed by atoms with Crippen LogP contribution in [0.4, 0.5) is 0 Å². The summed E-state index contributed by atoms with van der Waals surface area (Å²) in [6.07, 6.45) is 1.81. The molecule has 0 bridgehead atoms. The van der Waals surface area contributed by atoms with E-state index in [0.717, 1.165) is 5.56 Å². The quantitative estimate of drug-likeness (QED) is 0.734. The molecule has 1 saturated heterocycles. The largest absolute Gasteiger partial charge is 0.290 e. The highest BCUT2D eigenvalue weighted by Crippen LogP contribution is 2.30.